The quantitative estimate of drug-likeness (QED) is 0.499. The van der Waals surface area contributed by atoms with Crippen LogP contribution in [0.4, 0.5) is 0 Å². The van der Waals surface area contributed by atoms with E-state index in [1.165, 1.54) is 10.2 Å². The average molecular weight is 425 g/mol. The molecule has 0 unspecified atom stereocenters. The van der Waals surface area contributed by atoms with Gasteiger partial charge in [0.1, 0.15) is 5.52 Å². The van der Waals surface area contributed by atoms with Crippen molar-refractivity contribution in [3.05, 3.63) is 100 Å². The first kappa shape index (κ1) is 20.1. The Balaban J connectivity index is 1.26. The second-order valence-electron chi connectivity index (χ2n) is 8.30. The van der Waals surface area contributed by atoms with E-state index in [0.717, 1.165) is 32.4 Å². The van der Waals surface area contributed by atoms with E-state index < -0.39 is 0 Å². The number of hydrogen-bond donors (Lipinski definition) is 0. The normalized spacial score (nSPS) is 14.6. The fraction of sp³-hybridized carbons (Fsp3) is 0.231. The third-order valence-electron chi connectivity index (χ3n) is 6.20. The van der Waals surface area contributed by atoms with Gasteiger partial charge in [-0.05, 0) is 67.1 Å². The van der Waals surface area contributed by atoms with Crippen LogP contribution < -0.4 is 5.56 Å². The zero-order valence-corrected chi connectivity index (χ0v) is 17.7. The Morgan fingerprint density at radius 1 is 0.875 bits per heavy atom. The molecule has 160 valence electrons. The molecule has 6 heteroatoms. The van der Waals surface area contributed by atoms with Crippen LogP contribution in [0, 0.1) is 5.92 Å². The molecular formula is C26H24N4O2. The van der Waals surface area contributed by atoms with Gasteiger partial charge in [-0.25, -0.2) is 0 Å². The van der Waals surface area contributed by atoms with Gasteiger partial charge in [-0.15, -0.1) is 5.10 Å². The van der Waals surface area contributed by atoms with E-state index in [1.807, 2.05) is 17.0 Å². The molecular weight excluding hydrogens is 400 g/mol. The van der Waals surface area contributed by atoms with Crippen molar-refractivity contribution < 1.29 is 4.79 Å². The number of amides is 1. The average Bonchev–Trinajstić information content (AvgIpc) is 2.85. The molecule has 0 N–H and O–H groups in total. The van der Waals surface area contributed by atoms with E-state index >= 15 is 0 Å². The van der Waals surface area contributed by atoms with Crippen LogP contribution >= 0.6 is 0 Å². The van der Waals surface area contributed by atoms with Crippen molar-refractivity contribution in [3.63, 3.8) is 0 Å². The second kappa shape index (κ2) is 8.75. The van der Waals surface area contributed by atoms with Crippen molar-refractivity contribution in [2.24, 2.45) is 5.92 Å². The largest absolute Gasteiger partial charge is 0.339 e. The molecule has 1 aromatic heterocycles. The number of rotatable bonds is 4. The number of carbonyl (C=O) groups is 1. The minimum absolute atomic E-state index is 0.0339. The minimum atomic E-state index is -0.227. The third-order valence-corrected chi connectivity index (χ3v) is 6.20. The maximum Gasteiger partial charge on any atom is 0.282 e. The van der Waals surface area contributed by atoms with Crippen molar-refractivity contribution in [1.82, 2.24) is 19.9 Å². The van der Waals surface area contributed by atoms with Crippen LogP contribution in [0.3, 0.4) is 0 Å². The molecule has 1 saturated heterocycles. The summed E-state index contributed by atoms with van der Waals surface area (Å²) in [5, 5.41) is 8.68. The summed E-state index contributed by atoms with van der Waals surface area (Å²) in [6, 6.07) is 24.7. The van der Waals surface area contributed by atoms with E-state index in [0.29, 0.717) is 28.1 Å². The lowest BCUT2D eigenvalue weighted by atomic mass is 9.90. The van der Waals surface area contributed by atoms with Crippen LogP contribution in [0.2, 0.25) is 0 Å². The van der Waals surface area contributed by atoms with Crippen LogP contribution in [0.15, 0.2) is 83.7 Å². The third kappa shape index (κ3) is 4.04. The van der Waals surface area contributed by atoms with E-state index in [9.17, 15) is 9.59 Å². The zero-order valence-electron chi connectivity index (χ0n) is 17.7. The summed E-state index contributed by atoms with van der Waals surface area (Å²) in [7, 11) is 0. The standard InChI is InChI=1S/C26H24N4O2/c31-25(29-16-14-20(15-17-29)18-19-6-2-1-3-7-19)21-10-12-22(13-11-21)30-26(32)23-8-4-5-9-24(23)27-28-30/h1-13,20H,14-18H2. The maximum absolute atomic E-state index is 13.0. The summed E-state index contributed by atoms with van der Waals surface area (Å²) in [6.07, 6.45) is 3.10. The molecule has 2 heterocycles. The van der Waals surface area contributed by atoms with Crippen molar-refractivity contribution in [2.45, 2.75) is 19.3 Å². The molecule has 0 atom stereocenters. The van der Waals surface area contributed by atoms with Gasteiger partial charge < -0.3 is 4.90 Å². The fourth-order valence-corrected chi connectivity index (χ4v) is 4.37. The first-order valence-corrected chi connectivity index (χ1v) is 11.0. The van der Waals surface area contributed by atoms with Gasteiger partial charge in [0.05, 0.1) is 11.1 Å². The van der Waals surface area contributed by atoms with Gasteiger partial charge >= 0.3 is 0 Å². The van der Waals surface area contributed by atoms with Crippen molar-refractivity contribution in [3.8, 4) is 5.69 Å². The van der Waals surface area contributed by atoms with Crippen LogP contribution in [-0.4, -0.2) is 38.9 Å². The predicted octanol–water partition coefficient (Wildman–Crippen LogP) is 3.88. The van der Waals surface area contributed by atoms with Crippen LogP contribution in [0.1, 0.15) is 28.8 Å². The first-order valence-electron chi connectivity index (χ1n) is 11.0. The molecule has 32 heavy (non-hydrogen) atoms. The molecule has 0 radical (unpaired) electrons. The molecule has 3 aromatic carbocycles. The highest BCUT2D eigenvalue weighted by molar-refractivity contribution is 5.94. The number of hydrogen-bond acceptors (Lipinski definition) is 4. The molecule has 5 rings (SSSR count). The van der Waals surface area contributed by atoms with Crippen LogP contribution in [0.25, 0.3) is 16.6 Å². The summed E-state index contributed by atoms with van der Waals surface area (Å²) in [4.78, 5) is 27.7. The lowest BCUT2D eigenvalue weighted by molar-refractivity contribution is 0.0690. The molecule has 6 nitrogen and oxygen atoms in total. The highest BCUT2D eigenvalue weighted by Crippen LogP contribution is 2.23. The Morgan fingerprint density at radius 3 is 2.31 bits per heavy atom. The smallest absolute Gasteiger partial charge is 0.282 e. The van der Waals surface area contributed by atoms with E-state index in [4.69, 9.17) is 0 Å². The number of piperidine rings is 1. The highest BCUT2D eigenvalue weighted by atomic mass is 16.2. The maximum atomic E-state index is 13.0. The molecule has 1 aliphatic heterocycles. The number of fused-ring (bicyclic) bond motifs is 1. The minimum Gasteiger partial charge on any atom is -0.339 e. The summed E-state index contributed by atoms with van der Waals surface area (Å²) in [6.45, 7) is 1.54. The second-order valence-corrected chi connectivity index (χ2v) is 8.30. The van der Waals surface area contributed by atoms with Gasteiger partial charge in [-0.1, -0.05) is 47.7 Å². The summed E-state index contributed by atoms with van der Waals surface area (Å²) in [5.41, 5.74) is 2.91. The number of likely N-dealkylation sites (tertiary alicyclic amines) is 1. The van der Waals surface area contributed by atoms with Gasteiger partial charge in [0.2, 0.25) is 0 Å². The number of nitrogens with zero attached hydrogens (tertiary/aromatic N) is 4. The molecule has 0 bridgehead atoms. The first-order chi connectivity index (χ1) is 15.7. The van der Waals surface area contributed by atoms with Crippen LogP contribution in [0.5, 0.6) is 0 Å². The number of aromatic nitrogens is 3. The predicted molar refractivity (Wildman–Crippen MR) is 124 cm³/mol. The van der Waals surface area contributed by atoms with Crippen molar-refractivity contribution >= 4 is 16.8 Å². The number of benzene rings is 3. The van der Waals surface area contributed by atoms with Gasteiger partial charge in [0.15, 0.2) is 0 Å². The Kier molecular flexibility index (Phi) is 5.50. The summed E-state index contributed by atoms with van der Waals surface area (Å²) < 4.78 is 1.27. The monoisotopic (exact) mass is 424 g/mol. The Morgan fingerprint density at radius 2 is 1.56 bits per heavy atom. The Labute approximate surface area is 186 Å². The van der Waals surface area contributed by atoms with Crippen molar-refractivity contribution in [2.75, 3.05) is 13.1 Å². The van der Waals surface area contributed by atoms with Gasteiger partial charge in [0.25, 0.3) is 11.5 Å². The van der Waals surface area contributed by atoms with Gasteiger partial charge in [-0.3, -0.25) is 9.59 Å². The van der Waals surface area contributed by atoms with E-state index in [2.05, 4.69) is 34.6 Å². The SMILES string of the molecule is O=C(c1ccc(-n2nnc3ccccc3c2=O)cc1)N1CCC(Cc2ccccc2)CC1. The molecule has 0 saturated carbocycles. The molecule has 0 aliphatic carbocycles. The Hall–Kier alpha value is -3.80. The van der Waals surface area contributed by atoms with Gasteiger partial charge in [0, 0.05) is 18.7 Å². The summed E-state index contributed by atoms with van der Waals surface area (Å²) in [5.74, 6) is 0.647. The summed E-state index contributed by atoms with van der Waals surface area (Å²) >= 11 is 0. The molecule has 1 aliphatic rings. The van der Waals surface area contributed by atoms with E-state index in [1.54, 1.807) is 42.5 Å². The molecule has 4 aromatic rings. The molecule has 1 amide bonds. The molecule has 1 fully saturated rings. The van der Waals surface area contributed by atoms with E-state index in [-0.39, 0.29) is 11.5 Å². The lowest BCUT2D eigenvalue weighted by Crippen LogP contribution is -2.38. The number of carbonyl (C=O) groups excluding carboxylic acids is 1. The Bertz CT molecular complexity index is 1290. The topological polar surface area (TPSA) is 68.1 Å². The molecule has 0 spiro atoms. The lowest BCUT2D eigenvalue weighted by Gasteiger charge is -2.32. The zero-order chi connectivity index (χ0) is 21.9. The highest BCUT2D eigenvalue weighted by Gasteiger charge is 2.24. The van der Waals surface area contributed by atoms with Crippen molar-refractivity contribution in [1.29, 1.82) is 0 Å². The van der Waals surface area contributed by atoms with Crippen LogP contribution in [-0.2, 0) is 6.42 Å². The van der Waals surface area contributed by atoms with Gasteiger partial charge in [-0.2, -0.15) is 4.68 Å². The fourth-order valence-electron chi connectivity index (χ4n) is 4.37.